The third-order valence-corrected chi connectivity index (χ3v) is 9.14. The minimum absolute atomic E-state index is 0.645. The van der Waals surface area contributed by atoms with Crippen LogP contribution in [-0.2, 0) is 0 Å². The highest BCUT2D eigenvalue weighted by atomic mass is 15.0. The SMILES string of the molecule is c1ccc(-c2ccc(-c3nc(-c4ccc(-c5ccccc5)cc4)nc(-c4ccc5c(ccc6c7ccccc7ccc56)c4)n3)cc2)cc1. The second-order valence-electron chi connectivity index (χ2n) is 12.1. The summed E-state index contributed by atoms with van der Waals surface area (Å²) in [5.74, 6) is 1.94. The third-order valence-electron chi connectivity index (χ3n) is 9.14. The maximum Gasteiger partial charge on any atom is 0.164 e. The van der Waals surface area contributed by atoms with Gasteiger partial charge in [0.25, 0.3) is 0 Å². The van der Waals surface area contributed by atoms with Crippen LogP contribution in [-0.4, -0.2) is 15.0 Å². The van der Waals surface area contributed by atoms with Crippen molar-refractivity contribution in [2.24, 2.45) is 0 Å². The lowest BCUT2D eigenvalue weighted by atomic mass is 9.96. The van der Waals surface area contributed by atoms with Crippen LogP contribution in [0.1, 0.15) is 0 Å². The highest BCUT2D eigenvalue weighted by Gasteiger charge is 2.14. The maximum atomic E-state index is 5.05. The molecule has 0 bridgehead atoms. The van der Waals surface area contributed by atoms with Crippen molar-refractivity contribution < 1.29 is 0 Å². The van der Waals surface area contributed by atoms with Crippen LogP contribution in [0.15, 0.2) is 176 Å². The molecule has 9 aromatic rings. The first-order valence-electron chi connectivity index (χ1n) is 16.2. The summed E-state index contributed by atoms with van der Waals surface area (Å²) < 4.78 is 0. The Morgan fingerprint density at radius 3 is 1.17 bits per heavy atom. The van der Waals surface area contributed by atoms with Crippen molar-refractivity contribution in [1.29, 1.82) is 0 Å². The summed E-state index contributed by atoms with van der Waals surface area (Å²) in [6.07, 6.45) is 0. The van der Waals surface area contributed by atoms with Gasteiger partial charge in [-0.05, 0) is 60.6 Å². The van der Waals surface area contributed by atoms with Crippen molar-refractivity contribution in [1.82, 2.24) is 15.0 Å². The van der Waals surface area contributed by atoms with Gasteiger partial charge in [-0.1, -0.05) is 170 Å². The summed E-state index contributed by atoms with van der Waals surface area (Å²) >= 11 is 0. The molecular weight excluding hydrogens is 583 g/mol. The normalized spacial score (nSPS) is 11.3. The summed E-state index contributed by atoms with van der Waals surface area (Å²) in [7, 11) is 0. The van der Waals surface area contributed by atoms with Crippen LogP contribution in [0.2, 0.25) is 0 Å². The van der Waals surface area contributed by atoms with E-state index in [9.17, 15) is 0 Å². The number of fused-ring (bicyclic) bond motifs is 5. The zero-order chi connectivity index (χ0) is 31.9. The van der Waals surface area contributed by atoms with Crippen LogP contribution in [0.3, 0.4) is 0 Å². The van der Waals surface area contributed by atoms with Crippen molar-refractivity contribution in [2.75, 3.05) is 0 Å². The first-order valence-corrected chi connectivity index (χ1v) is 16.2. The Morgan fingerprint density at radius 2 is 0.604 bits per heavy atom. The van der Waals surface area contributed by atoms with Gasteiger partial charge in [-0.15, -0.1) is 0 Å². The molecule has 0 radical (unpaired) electrons. The number of nitrogens with zero attached hydrogens (tertiary/aromatic N) is 3. The highest BCUT2D eigenvalue weighted by Crippen LogP contribution is 2.34. The molecule has 0 atom stereocenters. The van der Waals surface area contributed by atoms with E-state index >= 15 is 0 Å². The molecule has 0 saturated carbocycles. The lowest BCUT2D eigenvalue weighted by molar-refractivity contribution is 1.07. The van der Waals surface area contributed by atoms with Crippen LogP contribution < -0.4 is 0 Å². The van der Waals surface area contributed by atoms with Crippen molar-refractivity contribution in [3.8, 4) is 56.4 Å². The second-order valence-corrected chi connectivity index (χ2v) is 12.1. The first kappa shape index (κ1) is 27.8. The van der Waals surface area contributed by atoms with Gasteiger partial charge >= 0.3 is 0 Å². The lowest BCUT2D eigenvalue weighted by Crippen LogP contribution is -2.00. The van der Waals surface area contributed by atoms with Gasteiger partial charge in [-0.2, -0.15) is 0 Å². The number of aromatic nitrogens is 3. The summed E-state index contributed by atoms with van der Waals surface area (Å²) in [4.78, 5) is 15.1. The van der Waals surface area contributed by atoms with Crippen molar-refractivity contribution in [3.63, 3.8) is 0 Å². The Balaban J connectivity index is 1.16. The molecule has 0 unspecified atom stereocenters. The standard InChI is InChI=1S/C45H29N3/c1-3-9-30(10-4-1)32-15-19-35(20-16-32)43-46-44(36-21-17-33(18-22-36)31-11-5-2-6-12-31)48-45(47-43)38-25-26-40-37(29-38)24-28-41-39-14-8-7-13-34(39)23-27-42(40)41/h1-29H. The van der Waals surface area contributed by atoms with E-state index in [4.69, 9.17) is 15.0 Å². The van der Waals surface area contributed by atoms with Gasteiger partial charge in [-0.3, -0.25) is 0 Å². The summed E-state index contributed by atoms with van der Waals surface area (Å²) in [5.41, 5.74) is 7.50. The van der Waals surface area contributed by atoms with E-state index in [0.717, 1.165) is 33.2 Å². The van der Waals surface area contributed by atoms with Crippen molar-refractivity contribution in [3.05, 3.63) is 176 Å². The van der Waals surface area contributed by atoms with E-state index in [1.807, 2.05) is 12.1 Å². The number of hydrogen-bond acceptors (Lipinski definition) is 3. The molecule has 0 spiro atoms. The predicted octanol–water partition coefficient (Wildman–Crippen LogP) is 11.7. The van der Waals surface area contributed by atoms with Crippen molar-refractivity contribution >= 4 is 32.3 Å². The fourth-order valence-electron chi connectivity index (χ4n) is 6.62. The molecule has 48 heavy (non-hydrogen) atoms. The Kier molecular flexibility index (Phi) is 6.80. The fraction of sp³-hybridized carbons (Fsp3) is 0. The van der Waals surface area contributed by atoms with Gasteiger partial charge in [0, 0.05) is 16.7 Å². The van der Waals surface area contributed by atoms with Gasteiger partial charge in [0.15, 0.2) is 17.5 Å². The van der Waals surface area contributed by atoms with Crippen molar-refractivity contribution in [2.45, 2.75) is 0 Å². The molecule has 1 aromatic heterocycles. The second kappa shape index (κ2) is 11.7. The van der Waals surface area contributed by atoms with Crippen LogP contribution >= 0.6 is 0 Å². The average molecular weight is 612 g/mol. The molecule has 1 heterocycles. The smallest absolute Gasteiger partial charge is 0.164 e. The summed E-state index contributed by atoms with van der Waals surface area (Å²) in [6, 6.07) is 61.7. The van der Waals surface area contributed by atoms with E-state index in [1.165, 1.54) is 38.1 Å². The van der Waals surface area contributed by atoms with E-state index in [-0.39, 0.29) is 0 Å². The van der Waals surface area contributed by atoms with Gasteiger partial charge in [-0.25, -0.2) is 15.0 Å². The van der Waals surface area contributed by atoms with E-state index < -0.39 is 0 Å². The Hall–Kier alpha value is -6.45. The summed E-state index contributed by atoms with van der Waals surface area (Å²) in [6.45, 7) is 0. The molecule has 0 saturated heterocycles. The Labute approximate surface area is 278 Å². The molecule has 0 amide bonds. The van der Waals surface area contributed by atoms with E-state index in [1.54, 1.807) is 0 Å². The molecule has 0 aliphatic heterocycles. The largest absolute Gasteiger partial charge is 0.208 e. The van der Waals surface area contributed by atoms with Gasteiger partial charge in [0.2, 0.25) is 0 Å². The lowest BCUT2D eigenvalue weighted by Gasteiger charge is -2.11. The molecule has 0 N–H and O–H groups in total. The minimum Gasteiger partial charge on any atom is -0.208 e. The number of hydrogen-bond donors (Lipinski definition) is 0. The molecule has 3 nitrogen and oxygen atoms in total. The molecular formula is C45H29N3. The van der Waals surface area contributed by atoms with Crippen LogP contribution in [0, 0.1) is 0 Å². The first-order chi connectivity index (χ1) is 23.8. The predicted molar refractivity (Wildman–Crippen MR) is 200 cm³/mol. The minimum atomic E-state index is 0.645. The van der Waals surface area contributed by atoms with Crippen LogP contribution in [0.25, 0.3) is 88.7 Å². The Bertz CT molecular complexity index is 2470. The number of benzene rings is 8. The highest BCUT2D eigenvalue weighted by molar-refractivity contribution is 6.17. The Morgan fingerprint density at radius 1 is 0.229 bits per heavy atom. The molecule has 224 valence electrons. The fourth-order valence-corrected chi connectivity index (χ4v) is 6.62. The average Bonchev–Trinajstić information content (AvgIpc) is 3.18. The molecule has 3 heteroatoms. The monoisotopic (exact) mass is 611 g/mol. The molecule has 8 aromatic carbocycles. The van der Waals surface area contributed by atoms with Crippen LogP contribution in [0.5, 0.6) is 0 Å². The van der Waals surface area contributed by atoms with Crippen LogP contribution in [0.4, 0.5) is 0 Å². The van der Waals surface area contributed by atoms with Gasteiger partial charge in [0.1, 0.15) is 0 Å². The molecule has 9 rings (SSSR count). The molecule has 0 aliphatic rings. The third kappa shape index (κ3) is 5.08. The topological polar surface area (TPSA) is 38.7 Å². The quantitative estimate of drug-likeness (QED) is 0.182. The maximum absolute atomic E-state index is 5.05. The molecule has 0 aliphatic carbocycles. The zero-order valence-electron chi connectivity index (χ0n) is 26.1. The zero-order valence-corrected chi connectivity index (χ0v) is 26.1. The number of rotatable bonds is 5. The van der Waals surface area contributed by atoms with Gasteiger partial charge in [0.05, 0.1) is 0 Å². The molecule has 0 fully saturated rings. The van der Waals surface area contributed by atoms with E-state index in [0.29, 0.717) is 17.5 Å². The van der Waals surface area contributed by atoms with E-state index in [2.05, 4.69) is 164 Å². The summed E-state index contributed by atoms with van der Waals surface area (Å²) in [5, 5.41) is 7.38. The van der Waals surface area contributed by atoms with Gasteiger partial charge < -0.3 is 0 Å².